The molecule has 0 saturated heterocycles. The van der Waals surface area contributed by atoms with Crippen LogP contribution in [0.2, 0.25) is 0 Å². The van der Waals surface area contributed by atoms with Crippen molar-refractivity contribution in [1.82, 2.24) is 19.9 Å². The molecule has 2 heterocycles. The van der Waals surface area contributed by atoms with Gasteiger partial charge in [0, 0.05) is 33.6 Å². The van der Waals surface area contributed by atoms with E-state index in [0.717, 1.165) is 67.3 Å². The molecule has 0 atom stereocenters. The van der Waals surface area contributed by atoms with Crippen LogP contribution in [0.15, 0.2) is 146 Å². The van der Waals surface area contributed by atoms with E-state index in [-0.39, 0.29) is 11.8 Å². The van der Waals surface area contributed by atoms with Crippen LogP contribution in [0.4, 0.5) is 11.4 Å². The maximum Gasteiger partial charge on any atom is 0.255 e. The van der Waals surface area contributed by atoms with Gasteiger partial charge < -0.3 is 20.6 Å². The van der Waals surface area contributed by atoms with Crippen molar-refractivity contribution in [2.75, 3.05) is 10.6 Å². The van der Waals surface area contributed by atoms with E-state index in [2.05, 4.69) is 44.9 Å². The van der Waals surface area contributed by atoms with Gasteiger partial charge in [0.15, 0.2) is 0 Å². The molecule has 2 aromatic heterocycles. The Labute approximate surface area is 275 Å². The maximum atomic E-state index is 12.7. The molecule has 0 unspecified atom stereocenters. The van der Waals surface area contributed by atoms with Crippen molar-refractivity contribution in [3.05, 3.63) is 157 Å². The lowest BCUT2D eigenvalue weighted by molar-refractivity contribution is 0.101. The van der Waals surface area contributed by atoms with Crippen molar-refractivity contribution < 1.29 is 9.59 Å². The van der Waals surface area contributed by atoms with E-state index in [4.69, 9.17) is 9.97 Å². The summed E-state index contributed by atoms with van der Waals surface area (Å²) in [5, 5.41) is 5.82. The van der Waals surface area contributed by atoms with E-state index in [1.165, 1.54) is 0 Å². The van der Waals surface area contributed by atoms with Gasteiger partial charge in [0.25, 0.3) is 11.8 Å². The molecule has 4 N–H and O–H groups in total. The van der Waals surface area contributed by atoms with E-state index in [9.17, 15) is 9.59 Å². The zero-order chi connectivity index (χ0) is 32.5. The van der Waals surface area contributed by atoms with Crippen LogP contribution in [0.25, 0.3) is 56.0 Å². The van der Waals surface area contributed by atoms with Crippen LogP contribution in [-0.4, -0.2) is 31.8 Å². The molecule has 0 fully saturated rings. The number of aromatic nitrogens is 4. The zero-order valence-electron chi connectivity index (χ0n) is 25.6. The van der Waals surface area contributed by atoms with Crippen LogP contribution in [0.5, 0.6) is 0 Å². The van der Waals surface area contributed by atoms with Crippen LogP contribution < -0.4 is 10.6 Å². The summed E-state index contributed by atoms with van der Waals surface area (Å²) in [6.45, 7) is 0. The summed E-state index contributed by atoms with van der Waals surface area (Å²) in [7, 11) is 0. The van der Waals surface area contributed by atoms with Crippen LogP contribution >= 0.6 is 0 Å². The van der Waals surface area contributed by atoms with Gasteiger partial charge in [0.05, 0.1) is 22.1 Å². The first kappa shape index (κ1) is 28.7. The van der Waals surface area contributed by atoms with Crippen LogP contribution in [-0.2, 0) is 0 Å². The first-order chi connectivity index (χ1) is 23.6. The Morgan fingerprint density at radius 1 is 0.438 bits per heavy atom. The summed E-state index contributed by atoms with van der Waals surface area (Å²) in [6, 6.07) is 45.9. The minimum absolute atomic E-state index is 0.162. The van der Waals surface area contributed by atoms with Crippen molar-refractivity contribution in [2.45, 2.75) is 0 Å². The number of carbonyl (C=O) groups excluding carboxylic acids is 2. The predicted molar refractivity (Wildman–Crippen MR) is 191 cm³/mol. The number of benzene rings is 6. The number of amides is 2. The number of nitrogens with zero attached hydrogens (tertiary/aromatic N) is 2. The van der Waals surface area contributed by atoms with Crippen molar-refractivity contribution in [1.29, 1.82) is 0 Å². The molecule has 230 valence electrons. The molecule has 8 heteroatoms. The molecule has 0 radical (unpaired) electrons. The number of para-hydroxylation sites is 2. The van der Waals surface area contributed by atoms with Crippen molar-refractivity contribution in [3.8, 4) is 33.9 Å². The zero-order valence-corrected chi connectivity index (χ0v) is 25.6. The molecule has 8 nitrogen and oxygen atoms in total. The number of fused-ring (bicyclic) bond motifs is 2. The molecule has 0 aliphatic rings. The summed E-state index contributed by atoms with van der Waals surface area (Å²) in [5.74, 6) is 1.14. The maximum absolute atomic E-state index is 12.7. The number of rotatable bonds is 7. The highest BCUT2D eigenvalue weighted by Gasteiger charge is 2.13. The third kappa shape index (κ3) is 5.81. The normalized spacial score (nSPS) is 11.1. The predicted octanol–water partition coefficient (Wildman–Crippen LogP) is 8.94. The highest BCUT2D eigenvalue weighted by Crippen LogP contribution is 2.29. The lowest BCUT2D eigenvalue weighted by atomic mass is 10.0. The second kappa shape index (κ2) is 12.2. The van der Waals surface area contributed by atoms with Crippen molar-refractivity contribution in [2.24, 2.45) is 0 Å². The van der Waals surface area contributed by atoms with Gasteiger partial charge in [-0.25, -0.2) is 9.97 Å². The standard InChI is InChI=1S/C40H28N6O2/c47-39(41-31-7-3-1-4-8-31)27-15-11-25(12-16-27)37-43-33-21-19-29(23-35(33)45-37)30-20-22-34-36(24-30)46-38(44-34)26-13-17-28(18-14-26)40(48)42-32-9-5-2-6-10-32/h1-24H,(H,41,47)(H,42,48)(H,43,45)(H,44,46). The minimum atomic E-state index is -0.163. The molecule has 8 rings (SSSR count). The van der Waals surface area contributed by atoms with Gasteiger partial charge in [-0.2, -0.15) is 0 Å². The molecule has 8 aromatic rings. The van der Waals surface area contributed by atoms with Gasteiger partial charge in [0.1, 0.15) is 11.6 Å². The number of H-pyrrole nitrogens is 2. The number of hydrogen-bond acceptors (Lipinski definition) is 4. The van der Waals surface area contributed by atoms with Crippen LogP contribution in [0, 0.1) is 0 Å². The fourth-order valence-corrected chi connectivity index (χ4v) is 5.66. The summed E-state index contributed by atoms with van der Waals surface area (Å²) in [4.78, 5) is 41.8. The summed E-state index contributed by atoms with van der Waals surface area (Å²) < 4.78 is 0. The van der Waals surface area contributed by atoms with Gasteiger partial charge >= 0.3 is 0 Å². The van der Waals surface area contributed by atoms with E-state index in [1.807, 2.05) is 97.1 Å². The number of aromatic amines is 2. The highest BCUT2D eigenvalue weighted by molar-refractivity contribution is 6.05. The second-order valence-electron chi connectivity index (χ2n) is 11.4. The molecule has 0 spiro atoms. The SMILES string of the molecule is O=C(Nc1ccccc1)c1ccc(-c2nc3cc(-c4ccc5nc(-c6ccc(C(=O)Nc7ccccc7)cc6)[nH]c5c4)ccc3[nH]2)cc1. The van der Waals surface area contributed by atoms with Gasteiger partial charge in [-0.1, -0.05) is 72.8 Å². The van der Waals surface area contributed by atoms with E-state index >= 15 is 0 Å². The smallest absolute Gasteiger partial charge is 0.255 e. The Hall–Kier alpha value is -6.80. The second-order valence-corrected chi connectivity index (χ2v) is 11.4. The first-order valence-electron chi connectivity index (χ1n) is 15.5. The Kier molecular flexibility index (Phi) is 7.28. The number of anilines is 2. The Bertz CT molecular complexity index is 2240. The quantitative estimate of drug-likeness (QED) is 0.142. The van der Waals surface area contributed by atoms with E-state index in [0.29, 0.717) is 11.1 Å². The molecule has 0 saturated carbocycles. The van der Waals surface area contributed by atoms with E-state index in [1.54, 1.807) is 24.3 Å². The molecular weight excluding hydrogens is 596 g/mol. The summed E-state index contributed by atoms with van der Waals surface area (Å²) in [5.41, 5.74) is 10.0. The first-order valence-corrected chi connectivity index (χ1v) is 15.5. The van der Waals surface area contributed by atoms with Gasteiger partial charge in [0.2, 0.25) is 0 Å². The number of imidazole rings is 2. The molecule has 0 aliphatic heterocycles. The summed E-state index contributed by atoms with van der Waals surface area (Å²) >= 11 is 0. The highest BCUT2D eigenvalue weighted by atomic mass is 16.2. The van der Waals surface area contributed by atoms with Gasteiger partial charge in [-0.15, -0.1) is 0 Å². The molecule has 0 bridgehead atoms. The Balaban J connectivity index is 0.989. The minimum Gasteiger partial charge on any atom is -0.338 e. The van der Waals surface area contributed by atoms with E-state index < -0.39 is 0 Å². The number of hydrogen-bond donors (Lipinski definition) is 4. The average Bonchev–Trinajstić information content (AvgIpc) is 3.77. The molecule has 48 heavy (non-hydrogen) atoms. The molecule has 2 amide bonds. The Morgan fingerprint density at radius 2 is 0.896 bits per heavy atom. The lowest BCUT2D eigenvalue weighted by Crippen LogP contribution is -2.11. The van der Waals surface area contributed by atoms with Crippen LogP contribution in [0.3, 0.4) is 0 Å². The monoisotopic (exact) mass is 624 g/mol. The van der Waals surface area contributed by atoms with Crippen LogP contribution in [0.1, 0.15) is 20.7 Å². The average molecular weight is 625 g/mol. The molecule has 6 aromatic carbocycles. The fraction of sp³-hybridized carbons (Fsp3) is 0. The number of nitrogens with one attached hydrogen (secondary N) is 4. The summed E-state index contributed by atoms with van der Waals surface area (Å²) in [6.07, 6.45) is 0. The third-order valence-electron chi connectivity index (χ3n) is 8.20. The lowest BCUT2D eigenvalue weighted by Gasteiger charge is -2.05. The van der Waals surface area contributed by atoms with Gasteiger partial charge in [-0.3, -0.25) is 9.59 Å². The number of carbonyl (C=O) groups is 2. The third-order valence-corrected chi connectivity index (χ3v) is 8.20. The molecular formula is C40H28N6O2. The van der Waals surface area contributed by atoms with Crippen molar-refractivity contribution in [3.63, 3.8) is 0 Å². The largest absolute Gasteiger partial charge is 0.338 e. The topological polar surface area (TPSA) is 116 Å². The van der Waals surface area contributed by atoms with Crippen molar-refractivity contribution >= 4 is 45.3 Å². The molecule has 0 aliphatic carbocycles. The Morgan fingerprint density at radius 3 is 1.46 bits per heavy atom. The van der Waals surface area contributed by atoms with Gasteiger partial charge in [-0.05, 0) is 83.9 Å². The fourth-order valence-electron chi connectivity index (χ4n) is 5.66.